The van der Waals surface area contributed by atoms with Crippen LogP contribution in [0, 0.1) is 5.92 Å². The molecule has 5 rings (SSSR count). The highest BCUT2D eigenvalue weighted by Gasteiger charge is 2.32. The minimum atomic E-state index is -0.0238. The first-order valence-electron chi connectivity index (χ1n) is 10.7. The van der Waals surface area contributed by atoms with Crippen LogP contribution in [0.3, 0.4) is 0 Å². The van der Waals surface area contributed by atoms with Gasteiger partial charge in [-0.2, -0.15) is 0 Å². The molecule has 0 aromatic heterocycles. The summed E-state index contributed by atoms with van der Waals surface area (Å²) in [4.78, 5) is 13.5. The van der Waals surface area contributed by atoms with Gasteiger partial charge < -0.3 is 5.32 Å². The number of carbonyl (C=O) groups is 1. The fraction of sp³-hybridized carbons (Fsp3) is 0.179. The van der Waals surface area contributed by atoms with Gasteiger partial charge in [0.25, 0.3) is 5.91 Å². The molecule has 0 bridgehead atoms. The lowest BCUT2D eigenvalue weighted by Crippen LogP contribution is -2.36. The van der Waals surface area contributed by atoms with Crippen LogP contribution in [0.1, 0.15) is 40.4 Å². The zero-order valence-electron chi connectivity index (χ0n) is 17.0. The average molecular weight is 392 g/mol. The molecule has 1 amide bonds. The molecule has 0 radical (unpaired) electrons. The van der Waals surface area contributed by atoms with Gasteiger partial charge in [0.15, 0.2) is 0 Å². The highest BCUT2D eigenvalue weighted by molar-refractivity contribution is 6.07. The van der Waals surface area contributed by atoms with E-state index in [1.807, 2.05) is 36.4 Å². The number of benzene rings is 4. The Morgan fingerprint density at radius 2 is 1.60 bits per heavy atom. The molecule has 1 aliphatic rings. The zero-order valence-corrected chi connectivity index (χ0v) is 17.0. The maximum Gasteiger partial charge on any atom is 0.252 e. The van der Waals surface area contributed by atoms with Crippen LogP contribution in [0.4, 0.5) is 0 Å². The molecule has 0 saturated carbocycles. The minimum absolute atomic E-state index is 0.00773. The van der Waals surface area contributed by atoms with E-state index in [1.165, 1.54) is 21.9 Å². The third-order valence-corrected chi connectivity index (χ3v) is 6.42. The minimum Gasteiger partial charge on any atom is -0.345 e. The molecule has 2 heteroatoms. The predicted octanol–water partition coefficient (Wildman–Crippen LogP) is 6.60. The lowest BCUT2D eigenvalue weighted by molar-refractivity contribution is 0.0919. The fourth-order valence-electron chi connectivity index (χ4n) is 4.97. The van der Waals surface area contributed by atoms with Crippen LogP contribution in [0.2, 0.25) is 0 Å². The van der Waals surface area contributed by atoms with E-state index >= 15 is 0 Å². The molecular weight excluding hydrogens is 366 g/mol. The van der Waals surface area contributed by atoms with Crippen molar-refractivity contribution in [1.29, 1.82) is 0 Å². The number of aryl methyl sites for hydroxylation is 1. The van der Waals surface area contributed by atoms with Crippen molar-refractivity contribution in [2.45, 2.75) is 25.3 Å². The maximum absolute atomic E-state index is 13.5. The van der Waals surface area contributed by atoms with Gasteiger partial charge in [0.2, 0.25) is 0 Å². The van der Waals surface area contributed by atoms with Crippen LogP contribution in [-0.2, 0) is 6.42 Å². The van der Waals surface area contributed by atoms with E-state index in [9.17, 15) is 4.79 Å². The predicted molar refractivity (Wildman–Crippen MR) is 125 cm³/mol. The molecular formula is C28H25NO. The summed E-state index contributed by atoms with van der Waals surface area (Å²) < 4.78 is 0. The maximum atomic E-state index is 13.5. The Kier molecular flexibility index (Phi) is 4.84. The Labute approximate surface area is 177 Å². The number of carbonyl (C=O) groups excluding carboxylic acids is 1. The summed E-state index contributed by atoms with van der Waals surface area (Å²) in [5.74, 6) is 0.339. The number of rotatable bonds is 4. The number of allylic oxidation sites excluding steroid dienone is 1. The first-order valence-corrected chi connectivity index (χ1v) is 10.7. The van der Waals surface area contributed by atoms with Crippen molar-refractivity contribution in [3.8, 4) is 0 Å². The first kappa shape index (κ1) is 18.6. The Balaban J connectivity index is 1.60. The fourth-order valence-corrected chi connectivity index (χ4v) is 4.97. The van der Waals surface area contributed by atoms with Crippen LogP contribution in [0.15, 0.2) is 91.5 Å². The lowest BCUT2D eigenvalue weighted by atomic mass is 9.76. The summed E-state index contributed by atoms with van der Waals surface area (Å²) in [7, 11) is 0. The number of nitrogens with one attached hydrogen (secondary N) is 1. The topological polar surface area (TPSA) is 29.1 Å². The van der Waals surface area contributed by atoms with E-state index < -0.39 is 0 Å². The molecule has 1 aliphatic carbocycles. The molecule has 1 N–H and O–H groups in total. The molecule has 0 saturated heterocycles. The molecule has 0 fully saturated rings. The summed E-state index contributed by atoms with van der Waals surface area (Å²) in [6, 6.07) is 26.9. The van der Waals surface area contributed by atoms with Gasteiger partial charge in [-0.1, -0.05) is 78.9 Å². The van der Waals surface area contributed by atoms with Gasteiger partial charge in [-0.15, -0.1) is 6.58 Å². The van der Waals surface area contributed by atoms with Crippen molar-refractivity contribution in [2.24, 2.45) is 5.92 Å². The summed E-state index contributed by atoms with van der Waals surface area (Å²) in [6.45, 7) is 3.97. The molecule has 2 unspecified atom stereocenters. The lowest BCUT2D eigenvalue weighted by Gasteiger charge is -2.35. The second kappa shape index (κ2) is 7.79. The quantitative estimate of drug-likeness (QED) is 0.390. The van der Waals surface area contributed by atoms with Crippen molar-refractivity contribution in [3.63, 3.8) is 0 Å². The molecule has 2 nitrogen and oxygen atoms in total. The molecule has 148 valence electrons. The van der Waals surface area contributed by atoms with Gasteiger partial charge in [0.05, 0.1) is 6.04 Å². The average Bonchev–Trinajstić information content (AvgIpc) is 2.80. The van der Waals surface area contributed by atoms with Crippen LogP contribution in [0.25, 0.3) is 21.5 Å². The molecule has 30 heavy (non-hydrogen) atoms. The highest BCUT2D eigenvalue weighted by atomic mass is 16.1. The molecule has 0 spiro atoms. The van der Waals surface area contributed by atoms with E-state index in [-0.39, 0.29) is 11.9 Å². The van der Waals surface area contributed by atoms with Crippen LogP contribution in [0.5, 0.6) is 0 Å². The third-order valence-electron chi connectivity index (χ3n) is 6.42. The van der Waals surface area contributed by atoms with E-state index in [0.29, 0.717) is 5.92 Å². The van der Waals surface area contributed by atoms with Crippen LogP contribution < -0.4 is 5.32 Å². The van der Waals surface area contributed by atoms with Crippen molar-refractivity contribution >= 4 is 27.5 Å². The Morgan fingerprint density at radius 3 is 2.40 bits per heavy atom. The highest BCUT2D eigenvalue weighted by Crippen LogP contribution is 2.40. The Hall–Kier alpha value is -3.39. The molecule has 4 aromatic rings. The van der Waals surface area contributed by atoms with E-state index in [4.69, 9.17) is 0 Å². The van der Waals surface area contributed by atoms with Crippen molar-refractivity contribution in [1.82, 2.24) is 5.32 Å². The Morgan fingerprint density at radius 1 is 0.900 bits per heavy atom. The van der Waals surface area contributed by atoms with Gasteiger partial charge in [-0.25, -0.2) is 0 Å². The van der Waals surface area contributed by atoms with Gasteiger partial charge in [-0.05, 0) is 63.9 Å². The van der Waals surface area contributed by atoms with Gasteiger partial charge in [0.1, 0.15) is 0 Å². The number of hydrogen-bond acceptors (Lipinski definition) is 1. The SMILES string of the molecule is C=CCC1CCc2ccc3ccccc3c2C1NC(=O)c1cccc2ccccc12. The van der Waals surface area contributed by atoms with E-state index in [2.05, 4.69) is 60.4 Å². The van der Waals surface area contributed by atoms with Crippen LogP contribution >= 0.6 is 0 Å². The van der Waals surface area contributed by atoms with Crippen molar-refractivity contribution in [3.05, 3.63) is 108 Å². The smallest absolute Gasteiger partial charge is 0.252 e. The largest absolute Gasteiger partial charge is 0.345 e. The summed E-state index contributed by atoms with van der Waals surface area (Å²) in [5.41, 5.74) is 3.36. The van der Waals surface area contributed by atoms with Gasteiger partial charge in [-0.3, -0.25) is 4.79 Å². The van der Waals surface area contributed by atoms with Crippen molar-refractivity contribution < 1.29 is 4.79 Å². The summed E-state index contributed by atoms with van der Waals surface area (Å²) in [5, 5.41) is 7.97. The number of fused-ring (bicyclic) bond motifs is 4. The van der Waals surface area contributed by atoms with Crippen molar-refractivity contribution in [2.75, 3.05) is 0 Å². The van der Waals surface area contributed by atoms with E-state index in [0.717, 1.165) is 35.6 Å². The second-order valence-corrected chi connectivity index (χ2v) is 8.16. The molecule has 2 atom stereocenters. The van der Waals surface area contributed by atoms with E-state index in [1.54, 1.807) is 0 Å². The monoisotopic (exact) mass is 391 g/mol. The normalized spacial score (nSPS) is 18.1. The number of hydrogen-bond donors (Lipinski definition) is 1. The second-order valence-electron chi connectivity index (χ2n) is 8.16. The molecule has 4 aromatic carbocycles. The first-order chi connectivity index (χ1) is 14.8. The summed E-state index contributed by atoms with van der Waals surface area (Å²) >= 11 is 0. The summed E-state index contributed by atoms with van der Waals surface area (Å²) in [6.07, 6.45) is 4.97. The zero-order chi connectivity index (χ0) is 20.5. The van der Waals surface area contributed by atoms with Gasteiger partial charge in [0, 0.05) is 5.56 Å². The standard InChI is InChI=1S/C28H25NO/c1-2-8-22-18-17-21-16-15-20-10-4-6-13-24(20)26(21)27(22)29-28(30)25-14-7-11-19-9-3-5-12-23(19)25/h2-7,9-16,22,27H,1,8,17-18H2,(H,29,30). The molecule has 0 heterocycles. The Bertz CT molecular complexity index is 1250. The van der Waals surface area contributed by atoms with Crippen LogP contribution in [-0.4, -0.2) is 5.91 Å². The molecule has 0 aliphatic heterocycles. The third kappa shape index (κ3) is 3.19. The van der Waals surface area contributed by atoms with Gasteiger partial charge >= 0.3 is 0 Å². The number of amides is 1.